The van der Waals surface area contributed by atoms with Crippen molar-refractivity contribution in [2.75, 3.05) is 19.0 Å². The van der Waals surface area contributed by atoms with Crippen LogP contribution in [0.3, 0.4) is 0 Å². The van der Waals surface area contributed by atoms with Gasteiger partial charge >= 0.3 is 0 Å². The van der Waals surface area contributed by atoms with Gasteiger partial charge in [-0.15, -0.1) is 0 Å². The van der Waals surface area contributed by atoms with Gasteiger partial charge in [0.2, 0.25) is 0 Å². The SMILES string of the molecule is C=C(Nc1ccc(-c2cccc(OC)c2)cc1)[C@@H](N)CO. The second-order valence-electron chi connectivity index (χ2n) is 4.75. The Labute approximate surface area is 124 Å². The van der Waals surface area contributed by atoms with Crippen LogP contribution in [0.25, 0.3) is 11.1 Å². The number of aliphatic hydroxyl groups is 1. The van der Waals surface area contributed by atoms with E-state index in [1.807, 2.05) is 48.5 Å². The van der Waals surface area contributed by atoms with Gasteiger partial charge in [0.1, 0.15) is 5.75 Å². The van der Waals surface area contributed by atoms with Crippen molar-refractivity contribution in [1.29, 1.82) is 0 Å². The Balaban J connectivity index is 2.13. The largest absolute Gasteiger partial charge is 0.497 e. The van der Waals surface area contributed by atoms with E-state index in [9.17, 15) is 0 Å². The van der Waals surface area contributed by atoms with E-state index in [1.165, 1.54) is 0 Å². The highest BCUT2D eigenvalue weighted by Gasteiger charge is 2.06. The highest BCUT2D eigenvalue weighted by atomic mass is 16.5. The first kappa shape index (κ1) is 15.1. The molecule has 0 saturated heterocycles. The number of benzene rings is 2. The maximum Gasteiger partial charge on any atom is 0.119 e. The number of hydrogen-bond donors (Lipinski definition) is 3. The van der Waals surface area contributed by atoms with Crippen LogP contribution < -0.4 is 15.8 Å². The summed E-state index contributed by atoms with van der Waals surface area (Å²) in [5.41, 5.74) is 9.35. The molecule has 0 saturated carbocycles. The number of hydrogen-bond acceptors (Lipinski definition) is 4. The lowest BCUT2D eigenvalue weighted by molar-refractivity contribution is 0.280. The minimum Gasteiger partial charge on any atom is -0.497 e. The predicted octanol–water partition coefficient (Wildman–Crippen LogP) is 2.61. The molecule has 0 radical (unpaired) electrons. The normalized spacial score (nSPS) is 11.8. The Kier molecular flexibility index (Phi) is 4.98. The molecule has 0 bridgehead atoms. The maximum absolute atomic E-state index is 8.99. The molecule has 0 fully saturated rings. The van der Waals surface area contributed by atoms with Gasteiger partial charge in [-0.2, -0.15) is 0 Å². The number of rotatable bonds is 6. The molecule has 21 heavy (non-hydrogen) atoms. The highest BCUT2D eigenvalue weighted by Crippen LogP contribution is 2.25. The van der Waals surface area contributed by atoms with E-state index in [4.69, 9.17) is 15.6 Å². The average molecular weight is 284 g/mol. The lowest BCUT2D eigenvalue weighted by Gasteiger charge is -2.15. The maximum atomic E-state index is 8.99. The van der Waals surface area contributed by atoms with Gasteiger partial charge < -0.3 is 20.9 Å². The molecule has 4 heteroatoms. The van der Waals surface area contributed by atoms with Crippen molar-refractivity contribution in [3.8, 4) is 16.9 Å². The summed E-state index contributed by atoms with van der Waals surface area (Å²) in [7, 11) is 1.65. The molecule has 1 atom stereocenters. The van der Waals surface area contributed by atoms with E-state index < -0.39 is 6.04 Å². The van der Waals surface area contributed by atoms with Gasteiger partial charge in [0.05, 0.1) is 19.8 Å². The van der Waals surface area contributed by atoms with E-state index in [2.05, 4.69) is 11.9 Å². The first-order valence-electron chi connectivity index (χ1n) is 6.71. The third-order valence-electron chi connectivity index (χ3n) is 3.24. The summed E-state index contributed by atoms with van der Waals surface area (Å²) in [5, 5.41) is 12.1. The van der Waals surface area contributed by atoms with Crippen molar-refractivity contribution >= 4 is 5.69 Å². The zero-order chi connectivity index (χ0) is 15.2. The number of aliphatic hydroxyl groups excluding tert-OH is 1. The summed E-state index contributed by atoms with van der Waals surface area (Å²) in [6.07, 6.45) is 0. The summed E-state index contributed by atoms with van der Waals surface area (Å²) in [6.45, 7) is 3.68. The first-order chi connectivity index (χ1) is 10.1. The van der Waals surface area contributed by atoms with E-state index in [0.717, 1.165) is 22.6 Å². The fraction of sp³-hybridized carbons (Fsp3) is 0.176. The standard InChI is InChI=1S/C17H20N2O2/c1-12(17(18)11-20)19-15-8-6-13(7-9-15)14-4-3-5-16(10-14)21-2/h3-10,17,19-20H,1,11,18H2,2H3/t17-/m0/s1. The Hall–Kier alpha value is -2.30. The van der Waals surface area contributed by atoms with E-state index in [1.54, 1.807) is 7.11 Å². The summed E-state index contributed by atoms with van der Waals surface area (Å²) < 4.78 is 5.23. The number of ether oxygens (including phenoxy) is 1. The molecule has 0 aromatic heterocycles. The highest BCUT2D eigenvalue weighted by molar-refractivity contribution is 5.67. The van der Waals surface area contributed by atoms with E-state index >= 15 is 0 Å². The van der Waals surface area contributed by atoms with Gasteiger partial charge in [0.15, 0.2) is 0 Å². The molecular formula is C17H20N2O2. The molecule has 4 N–H and O–H groups in total. The van der Waals surface area contributed by atoms with Gasteiger partial charge in [-0.25, -0.2) is 0 Å². The smallest absolute Gasteiger partial charge is 0.119 e. The fourth-order valence-electron chi connectivity index (χ4n) is 1.94. The Morgan fingerprint density at radius 1 is 1.24 bits per heavy atom. The number of methoxy groups -OCH3 is 1. The number of anilines is 1. The van der Waals surface area contributed by atoms with Crippen LogP contribution in [0.2, 0.25) is 0 Å². The van der Waals surface area contributed by atoms with Crippen LogP contribution in [-0.4, -0.2) is 24.9 Å². The topological polar surface area (TPSA) is 67.5 Å². The molecule has 4 nitrogen and oxygen atoms in total. The van der Waals surface area contributed by atoms with Crippen LogP contribution in [0.15, 0.2) is 60.8 Å². The van der Waals surface area contributed by atoms with Crippen molar-refractivity contribution in [2.45, 2.75) is 6.04 Å². The monoisotopic (exact) mass is 284 g/mol. The molecule has 110 valence electrons. The van der Waals surface area contributed by atoms with Crippen LogP contribution >= 0.6 is 0 Å². The quantitative estimate of drug-likeness (QED) is 0.763. The molecule has 0 aliphatic rings. The third-order valence-corrected chi connectivity index (χ3v) is 3.24. The van der Waals surface area contributed by atoms with Crippen molar-refractivity contribution in [2.24, 2.45) is 5.73 Å². The van der Waals surface area contributed by atoms with Crippen LogP contribution in [0, 0.1) is 0 Å². The summed E-state index contributed by atoms with van der Waals surface area (Å²) in [6, 6.07) is 15.3. The first-order valence-corrected chi connectivity index (χ1v) is 6.71. The summed E-state index contributed by atoms with van der Waals surface area (Å²) in [5.74, 6) is 0.831. The van der Waals surface area contributed by atoms with Gasteiger partial charge in [-0.1, -0.05) is 30.8 Å². The lowest BCUT2D eigenvalue weighted by Crippen LogP contribution is -2.29. The third kappa shape index (κ3) is 3.84. The molecule has 0 unspecified atom stereocenters. The molecule has 2 aromatic carbocycles. The van der Waals surface area contributed by atoms with Gasteiger partial charge in [-0.3, -0.25) is 0 Å². The van der Waals surface area contributed by atoms with Crippen LogP contribution in [0.1, 0.15) is 0 Å². The molecular weight excluding hydrogens is 264 g/mol. The summed E-state index contributed by atoms with van der Waals surface area (Å²) in [4.78, 5) is 0. The number of nitrogens with one attached hydrogen (secondary N) is 1. The number of nitrogens with two attached hydrogens (primary N) is 1. The van der Waals surface area contributed by atoms with Crippen molar-refractivity contribution < 1.29 is 9.84 Å². The minimum atomic E-state index is -0.469. The minimum absolute atomic E-state index is 0.131. The van der Waals surface area contributed by atoms with Crippen LogP contribution in [-0.2, 0) is 0 Å². The molecule has 0 amide bonds. The Morgan fingerprint density at radius 3 is 2.57 bits per heavy atom. The Bertz CT molecular complexity index is 608. The molecule has 0 spiro atoms. The zero-order valence-corrected chi connectivity index (χ0v) is 12.0. The van der Waals surface area contributed by atoms with Crippen molar-refractivity contribution in [3.05, 3.63) is 60.8 Å². The zero-order valence-electron chi connectivity index (χ0n) is 12.0. The molecule has 0 aliphatic heterocycles. The summed E-state index contributed by atoms with van der Waals surface area (Å²) >= 11 is 0. The van der Waals surface area contributed by atoms with Crippen molar-refractivity contribution in [1.82, 2.24) is 0 Å². The fourth-order valence-corrected chi connectivity index (χ4v) is 1.94. The van der Waals surface area contributed by atoms with Crippen LogP contribution in [0.4, 0.5) is 5.69 Å². The van der Waals surface area contributed by atoms with E-state index in [0.29, 0.717) is 5.70 Å². The van der Waals surface area contributed by atoms with Crippen LogP contribution in [0.5, 0.6) is 5.75 Å². The molecule has 0 heterocycles. The predicted molar refractivity (Wildman–Crippen MR) is 86.3 cm³/mol. The second-order valence-corrected chi connectivity index (χ2v) is 4.75. The van der Waals surface area contributed by atoms with Gasteiger partial charge in [-0.05, 0) is 35.4 Å². The second kappa shape index (κ2) is 6.92. The average Bonchev–Trinajstić information content (AvgIpc) is 2.54. The van der Waals surface area contributed by atoms with Gasteiger partial charge in [0.25, 0.3) is 0 Å². The molecule has 2 rings (SSSR count). The Morgan fingerprint density at radius 2 is 1.95 bits per heavy atom. The van der Waals surface area contributed by atoms with Crippen molar-refractivity contribution in [3.63, 3.8) is 0 Å². The molecule has 0 aliphatic carbocycles. The van der Waals surface area contributed by atoms with Gasteiger partial charge in [0, 0.05) is 11.4 Å². The molecule has 2 aromatic rings. The van der Waals surface area contributed by atoms with E-state index in [-0.39, 0.29) is 6.61 Å². The lowest BCUT2D eigenvalue weighted by atomic mass is 10.1.